The van der Waals surface area contributed by atoms with Gasteiger partial charge >= 0.3 is 0 Å². The van der Waals surface area contributed by atoms with Gasteiger partial charge in [-0.05, 0) is 12.1 Å². The molecule has 6 heteroatoms. The average molecular weight is 240 g/mol. The van der Waals surface area contributed by atoms with Crippen LogP contribution in [0.2, 0.25) is 5.02 Å². The molecule has 0 aromatic carbocycles. The number of hydrogen-bond acceptors (Lipinski definition) is 3. The summed E-state index contributed by atoms with van der Waals surface area (Å²) >= 11 is 5.69. The van der Waals surface area contributed by atoms with Crippen LogP contribution in [0.5, 0.6) is 0 Å². The summed E-state index contributed by atoms with van der Waals surface area (Å²) in [5, 5.41) is 0.502. The fourth-order valence-electron chi connectivity index (χ4n) is 1.65. The van der Waals surface area contributed by atoms with Crippen LogP contribution in [0.25, 0.3) is 0 Å². The van der Waals surface area contributed by atoms with E-state index in [4.69, 9.17) is 17.3 Å². The first-order valence-corrected chi connectivity index (χ1v) is 5.17. The first-order chi connectivity index (χ1) is 7.58. The zero-order valence-corrected chi connectivity index (χ0v) is 9.15. The summed E-state index contributed by atoms with van der Waals surface area (Å²) in [5.41, 5.74) is 5.17. The molecule has 0 spiro atoms. The summed E-state index contributed by atoms with van der Waals surface area (Å²) in [7, 11) is 0. The molecule has 1 aliphatic heterocycles. The molecule has 1 atom stereocenters. The molecule has 5 nitrogen and oxygen atoms in total. The molecule has 1 aromatic heterocycles. The van der Waals surface area contributed by atoms with Crippen LogP contribution in [0.3, 0.4) is 0 Å². The molecule has 1 fully saturated rings. The van der Waals surface area contributed by atoms with E-state index in [1.54, 1.807) is 12.1 Å². The maximum Gasteiger partial charge on any atom is 0.229 e. The monoisotopic (exact) mass is 239 g/mol. The lowest BCUT2D eigenvalue weighted by Crippen LogP contribution is -2.28. The van der Waals surface area contributed by atoms with Crippen molar-refractivity contribution < 1.29 is 9.59 Å². The second kappa shape index (κ2) is 4.09. The molecule has 0 aliphatic carbocycles. The van der Waals surface area contributed by atoms with E-state index in [-0.39, 0.29) is 12.3 Å². The maximum atomic E-state index is 11.6. The highest BCUT2D eigenvalue weighted by molar-refractivity contribution is 6.30. The Morgan fingerprint density at radius 3 is 2.81 bits per heavy atom. The highest BCUT2D eigenvalue weighted by atomic mass is 35.5. The third kappa shape index (κ3) is 1.99. The lowest BCUT2D eigenvalue weighted by molar-refractivity contribution is -0.123. The third-order valence-corrected chi connectivity index (χ3v) is 2.74. The van der Waals surface area contributed by atoms with Gasteiger partial charge < -0.3 is 5.73 Å². The summed E-state index contributed by atoms with van der Waals surface area (Å²) < 4.78 is 0. The Bertz CT molecular complexity index is 432. The van der Waals surface area contributed by atoms with Gasteiger partial charge in [0.2, 0.25) is 11.8 Å². The number of rotatable bonds is 2. The Morgan fingerprint density at radius 2 is 2.31 bits per heavy atom. The molecule has 2 heterocycles. The van der Waals surface area contributed by atoms with Crippen molar-refractivity contribution in [1.29, 1.82) is 0 Å². The summed E-state index contributed by atoms with van der Waals surface area (Å²) in [6.07, 6.45) is 1.61. The summed E-state index contributed by atoms with van der Waals surface area (Å²) in [4.78, 5) is 28.1. The van der Waals surface area contributed by atoms with Gasteiger partial charge in [0.15, 0.2) is 0 Å². The standard InChI is InChI=1S/C10H10ClN3O2/c11-7-1-2-8(13-4-7)14-5-6(10(12)16)3-9(14)15/h1-2,4,6H,3,5H2,(H2,12,16). The molecule has 2 amide bonds. The normalized spacial score (nSPS) is 20.2. The molecule has 84 valence electrons. The molecule has 0 bridgehead atoms. The van der Waals surface area contributed by atoms with E-state index in [1.807, 2.05) is 0 Å². The minimum atomic E-state index is -0.454. The molecule has 0 saturated carbocycles. The van der Waals surface area contributed by atoms with Gasteiger partial charge in [0, 0.05) is 19.2 Å². The van der Waals surface area contributed by atoms with E-state index in [1.165, 1.54) is 11.1 Å². The Balaban J connectivity index is 2.20. The van der Waals surface area contributed by atoms with E-state index in [9.17, 15) is 9.59 Å². The van der Waals surface area contributed by atoms with Crippen molar-refractivity contribution in [1.82, 2.24) is 4.98 Å². The van der Waals surface area contributed by atoms with E-state index in [0.717, 1.165) is 0 Å². The van der Waals surface area contributed by atoms with Crippen molar-refractivity contribution in [2.45, 2.75) is 6.42 Å². The number of pyridine rings is 1. The fourth-order valence-corrected chi connectivity index (χ4v) is 1.76. The quantitative estimate of drug-likeness (QED) is 0.820. The number of anilines is 1. The minimum absolute atomic E-state index is 0.140. The molecule has 1 aliphatic rings. The first-order valence-electron chi connectivity index (χ1n) is 4.79. The molecular formula is C10H10ClN3O2. The van der Waals surface area contributed by atoms with Gasteiger partial charge in [-0.15, -0.1) is 0 Å². The number of primary amides is 1. The molecular weight excluding hydrogens is 230 g/mol. The van der Waals surface area contributed by atoms with E-state index >= 15 is 0 Å². The Labute approximate surface area is 97.2 Å². The lowest BCUT2D eigenvalue weighted by Gasteiger charge is -2.14. The van der Waals surface area contributed by atoms with Crippen LogP contribution in [-0.4, -0.2) is 23.3 Å². The predicted molar refractivity (Wildman–Crippen MR) is 58.9 cm³/mol. The Morgan fingerprint density at radius 1 is 1.56 bits per heavy atom. The highest BCUT2D eigenvalue weighted by Gasteiger charge is 2.34. The topological polar surface area (TPSA) is 76.3 Å². The van der Waals surface area contributed by atoms with Crippen molar-refractivity contribution in [2.75, 3.05) is 11.4 Å². The van der Waals surface area contributed by atoms with Gasteiger partial charge in [-0.3, -0.25) is 14.5 Å². The van der Waals surface area contributed by atoms with E-state index < -0.39 is 11.8 Å². The van der Waals surface area contributed by atoms with Crippen LogP contribution >= 0.6 is 11.6 Å². The second-order valence-electron chi connectivity index (χ2n) is 3.64. The Kier molecular flexibility index (Phi) is 2.78. The lowest BCUT2D eigenvalue weighted by atomic mass is 10.1. The summed E-state index contributed by atoms with van der Waals surface area (Å²) in [5.74, 6) is -0.522. The largest absolute Gasteiger partial charge is 0.369 e. The third-order valence-electron chi connectivity index (χ3n) is 2.52. The van der Waals surface area contributed by atoms with Crippen molar-refractivity contribution in [2.24, 2.45) is 11.7 Å². The molecule has 1 aromatic rings. The maximum absolute atomic E-state index is 11.6. The van der Waals surface area contributed by atoms with Crippen molar-refractivity contribution in [3.63, 3.8) is 0 Å². The number of aromatic nitrogens is 1. The number of halogens is 1. The van der Waals surface area contributed by atoms with Crippen LogP contribution in [0.15, 0.2) is 18.3 Å². The summed E-state index contributed by atoms with van der Waals surface area (Å²) in [6.45, 7) is 0.294. The minimum Gasteiger partial charge on any atom is -0.369 e. The van der Waals surface area contributed by atoms with Crippen LogP contribution in [0, 0.1) is 5.92 Å². The number of nitrogens with two attached hydrogens (primary N) is 1. The first kappa shape index (κ1) is 10.9. The molecule has 2 N–H and O–H groups in total. The molecule has 16 heavy (non-hydrogen) atoms. The van der Waals surface area contributed by atoms with Gasteiger partial charge in [-0.25, -0.2) is 4.98 Å². The van der Waals surface area contributed by atoms with E-state index in [2.05, 4.69) is 4.98 Å². The van der Waals surface area contributed by atoms with Crippen LogP contribution in [0.1, 0.15) is 6.42 Å². The highest BCUT2D eigenvalue weighted by Crippen LogP contribution is 2.23. The van der Waals surface area contributed by atoms with Crippen LogP contribution in [0.4, 0.5) is 5.82 Å². The van der Waals surface area contributed by atoms with Crippen molar-refractivity contribution >= 4 is 29.2 Å². The number of nitrogens with zero attached hydrogens (tertiary/aromatic N) is 2. The zero-order valence-electron chi connectivity index (χ0n) is 8.39. The molecule has 1 unspecified atom stereocenters. The Hall–Kier alpha value is -1.62. The van der Waals surface area contributed by atoms with Gasteiger partial charge in [0.05, 0.1) is 10.9 Å². The van der Waals surface area contributed by atoms with Gasteiger partial charge in [0.1, 0.15) is 5.82 Å². The fraction of sp³-hybridized carbons (Fsp3) is 0.300. The molecule has 0 radical (unpaired) electrons. The molecule has 1 saturated heterocycles. The predicted octanol–water partition coefficient (Wildman–Crippen LogP) is 0.573. The average Bonchev–Trinajstić information content (AvgIpc) is 2.62. The SMILES string of the molecule is NC(=O)C1CC(=O)N(c2ccc(Cl)cn2)C1. The zero-order chi connectivity index (χ0) is 11.7. The molecule has 2 rings (SSSR count). The van der Waals surface area contributed by atoms with Crippen LogP contribution in [-0.2, 0) is 9.59 Å². The van der Waals surface area contributed by atoms with Crippen molar-refractivity contribution in [3.8, 4) is 0 Å². The number of carbonyl (C=O) groups is 2. The second-order valence-corrected chi connectivity index (χ2v) is 4.08. The van der Waals surface area contributed by atoms with Crippen molar-refractivity contribution in [3.05, 3.63) is 23.4 Å². The van der Waals surface area contributed by atoms with Crippen LogP contribution < -0.4 is 10.6 Å². The van der Waals surface area contributed by atoms with E-state index in [0.29, 0.717) is 17.4 Å². The van der Waals surface area contributed by atoms with Gasteiger partial charge in [-0.2, -0.15) is 0 Å². The summed E-state index contributed by atoms with van der Waals surface area (Å²) in [6, 6.07) is 3.29. The van der Waals surface area contributed by atoms with Gasteiger partial charge in [-0.1, -0.05) is 11.6 Å². The smallest absolute Gasteiger partial charge is 0.229 e. The van der Waals surface area contributed by atoms with Gasteiger partial charge in [0.25, 0.3) is 0 Å². The number of carbonyl (C=O) groups excluding carboxylic acids is 2. The number of hydrogen-bond donors (Lipinski definition) is 1. The number of amides is 2.